The molecule has 2 rings (SSSR count). The Kier molecular flexibility index (Phi) is 5.25. The molecule has 0 saturated carbocycles. The fourth-order valence-electron chi connectivity index (χ4n) is 1.93. The van der Waals surface area contributed by atoms with Gasteiger partial charge in [0.15, 0.2) is 0 Å². The third kappa shape index (κ3) is 3.47. The van der Waals surface area contributed by atoms with Gasteiger partial charge in [-0.15, -0.1) is 23.7 Å². The molecule has 1 aromatic heterocycles. The molecule has 1 aliphatic rings. The lowest BCUT2D eigenvalue weighted by atomic mass is 10.0. The van der Waals surface area contributed by atoms with Crippen LogP contribution in [0, 0.1) is 0 Å². The van der Waals surface area contributed by atoms with Crippen LogP contribution in [0.1, 0.15) is 29.4 Å². The summed E-state index contributed by atoms with van der Waals surface area (Å²) in [6.07, 6.45) is 2.05. The third-order valence-electron chi connectivity index (χ3n) is 2.70. The van der Waals surface area contributed by atoms with Gasteiger partial charge in [0.25, 0.3) is 5.91 Å². The van der Waals surface area contributed by atoms with Crippen molar-refractivity contribution in [2.75, 3.05) is 6.54 Å². The first-order chi connectivity index (χ1) is 7.25. The van der Waals surface area contributed by atoms with Gasteiger partial charge in [-0.2, -0.15) is 0 Å². The Morgan fingerprint density at radius 1 is 1.62 bits per heavy atom. The van der Waals surface area contributed by atoms with Crippen molar-refractivity contribution in [2.24, 2.45) is 0 Å². The maximum absolute atomic E-state index is 11.8. The largest absolute Gasteiger partial charge is 0.349 e. The van der Waals surface area contributed by atoms with Crippen LogP contribution in [0.15, 0.2) is 17.5 Å². The van der Waals surface area contributed by atoms with E-state index < -0.39 is 0 Å². The molecule has 1 aromatic rings. The lowest BCUT2D eigenvalue weighted by Gasteiger charge is -2.28. The Hall–Kier alpha value is -0.580. The topological polar surface area (TPSA) is 41.1 Å². The first-order valence-electron chi connectivity index (χ1n) is 5.33. The molecule has 2 unspecified atom stereocenters. The van der Waals surface area contributed by atoms with Crippen molar-refractivity contribution in [3.63, 3.8) is 0 Å². The lowest BCUT2D eigenvalue weighted by Crippen LogP contribution is -2.46. The zero-order valence-corrected chi connectivity index (χ0v) is 10.9. The molecule has 90 valence electrons. The molecule has 16 heavy (non-hydrogen) atoms. The molecular weight excluding hydrogens is 244 g/mol. The lowest BCUT2D eigenvalue weighted by molar-refractivity contribution is 0.0930. The van der Waals surface area contributed by atoms with Crippen molar-refractivity contribution in [1.29, 1.82) is 0 Å². The minimum absolute atomic E-state index is 0. The van der Waals surface area contributed by atoms with Crippen LogP contribution in [0.3, 0.4) is 0 Å². The standard InChI is InChI=1S/C11H16N2OS.ClH/c1-8-7-9(4-5-12-8)13-11(14)10-3-2-6-15-10;/h2-3,6,8-9,12H,4-5,7H2,1H3,(H,13,14);1H. The summed E-state index contributed by atoms with van der Waals surface area (Å²) in [5, 5.41) is 8.38. The molecule has 5 heteroatoms. The van der Waals surface area contributed by atoms with E-state index in [4.69, 9.17) is 0 Å². The zero-order valence-electron chi connectivity index (χ0n) is 9.23. The molecule has 2 atom stereocenters. The molecule has 1 aliphatic heterocycles. The van der Waals surface area contributed by atoms with Crippen LogP contribution < -0.4 is 10.6 Å². The maximum Gasteiger partial charge on any atom is 0.261 e. The highest BCUT2D eigenvalue weighted by molar-refractivity contribution is 7.12. The highest BCUT2D eigenvalue weighted by Crippen LogP contribution is 2.12. The van der Waals surface area contributed by atoms with Gasteiger partial charge in [-0.3, -0.25) is 4.79 Å². The van der Waals surface area contributed by atoms with Crippen molar-refractivity contribution >= 4 is 29.7 Å². The van der Waals surface area contributed by atoms with Gasteiger partial charge < -0.3 is 10.6 Å². The summed E-state index contributed by atoms with van der Waals surface area (Å²) in [7, 11) is 0. The molecule has 0 radical (unpaired) electrons. The molecule has 2 heterocycles. The summed E-state index contributed by atoms with van der Waals surface area (Å²) in [5.74, 6) is 0.0732. The number of carbonyl (C=O) groups is 1. The maximum atomic E-state index is 11.8. The van der Waals surface area contributed by atoms with Crippen molar-refractivity contribution in [3.8, 4) is 0 Å². The first-order valence-corrected chi connectivity index (χ1v) is 6.21. The Morgan fingerprint density at radius 3 is 3.06 bits per heavy atom. The molecule has 1 fully saturated rings. The number of piperidine rings is 1. The number of halogens is 1. The second-order valence-corrected chi connectivity index (χ2v) is 4.97. The SMILES string of the molecule is CC1CC(NC(=O)c2cccs2)CCN1.Cl. The van der Waals surface area contributed by atoms with Gasteiger partial charge in [0.1, 0.15) is 0 Å². The van der Waals surface area contributed by atoms with Gasteiger partial charge in [0.05, 0.1) is 4.88 Å². The Labute approximate surface area is 106 Å². The second kappa shape index (κ2) is 6.23. The van der Waals surface area contributed by atoms with Crippen LogP contribution in [0.5, 0.6) is 0 Å². The minimum Gasteiger partial charge on any atom is -0.349 e. The molecular formula is C11H17ClN2OS. The molecule has 0 spiro atoms. The molecule has 0 bridgehead atoms. The van der Waals surface area contributed by atoms with Crippen LogP contribution in [0.4, 0.5) is 0 Å². The monoisotopic (exact) mass is 260 g/mol. The number of carbonyl (C=O) groups excluding carboxylic acids is 1. The summed E-state index contributed by atoms with van der Waals surface area (Å²) >= 11 is 1.49. The van der Waals surface area contributed by atoms with E-state index in [-0.39, 0.29) is 18.3 Å². The first kappa shape index (κ1) is 13.5. The Balaban J connectivity index is 0.00000128. The van der Waals surface area contributed by atoms with E-state index in [0.29, 0.717) is 12.1 Å². The number of amides is 1. The number of thiophene rings is 1. The van der Waals surface area contributed by atoms with Crippen LogP contribution in [0.2, 0.25) is 0 Å². The number of hydrogen-bond donors (Lipinski definition) is 2. The van der Waals surface area contributed by atoms with E-state index in [1.807, 2.05) is 17.5 Å². The van der Waals surface area contributed by atoms with E-state index in [9.17, 15) is 4.79 Å². The Bertz CT molecular complexity index is 329. The van der Waals surface area contributed by atoms with Gasteiger partial charge in [0.2, 0.25) is 0 Å². The number of rotatable bonds is 2. The van der Waals surface area contributed by atoms with Crippen molar-refractivity contribution < 1.29 is 4.79 Å². The number of nitrogens with one attached hydrogen (secondary N) is 2. The van der Waals surface area contributed by atoms with Crippen molar-refractivity contribution in [1.82, 2.24) is 10.6 Å². The average Bonchev–Trinajstić information content (AvgIpc) is 2.70. The van der Waals surface area contributed by atoms with E-state index in [0.717, 1.165) is 24.3 Å². The van der Waals surface area contributed by atoms with Crippen LogP contribution in [-0.4, -0.2) is 24.5 Å². The van der Waals surface area contributed by atoms with Crippen LogP contribution in [0.25, 0.3) is 0 Å². The fourth-order valence-corrected chi connectivity index (χ4v) is 2.55. The molecule has 0 aliphatic carbocycles. The van der Waals surface area contributed by atoms with E-state index >= 15 is 0 Å². The van der Waals surface area contributed by atoms with Crippen molar-refractivity contribution in [3.05, 3.63) is 22.4 Å². The Morgan fingerprint density at radius 2 is 2.44 bits per heavy atom. The molecule has 1 amide bonds. The van der Waals surface area contributed by atoms with Crippen molar-refractivity contribution in [2.45, 2.75) is 31.8 Å². The van der Waals surface area contributed by atoms with Crippen LogP contribution >= 0.6 is 23.7 Å². The van der Waals surface area contributed by atoms with E-state index in [1.165, 1.54) is 11.3 Å². The van der Waals surface area contributed by atoms with Gasteiger partial charge in [0, 0.05) is 12.1 Å². The summed E-state index contributed by atoms with van der Waals surface area (Å²) < 4.78 is 0. The predicted molar refractivity (Wildman–Crippen MR) is 69.5 cm³/mol. The average molecular weight is 261 g/mol. The summed E-state index contributed by atoms with van der Waals surface area (Å²) in [5.41, 5.74) is 0. The summed E-state index contributed by atoms with van der Waals surface area (Å²) in [6, 6.07) is 4.61. The van der Waals surface area contributed by atoms with E-state index in [2.05, 4.69) is 17.6 Å². The molecule has 1 saturated heterocycles. The number of hydrogen-bond acceptors (Lipinski definition) is 3. The van der Waals surface area contributed by atoms with Gasteiger partial charge in [-0.1, -0.05) is 6.07 Å². The van der Waals surface area contributed by atoms with Crippen LogP contribution in [-0.2, 0) is 0 Å². The highest BCUT2D eigenvalue weighted by Gasteiger charge is 2.20. The van der Waals surface area contributed by atoms with E-state index in [1.54, 1.807) is 0 Å². The molecule has 0 aromatic carbocycles. The fraction of sp³-hybridized carbons (Fsp3) is 0.545. The van der Waals surface area contributed by atoms with Gasteiger partial charge >= 0.3 is 0 Å². The van der Waals surface area contributed by atoms with Gasteiger partial charge in [-0.05, 0) is 37.8 Å². The quantitative estimate of drug-likeness (QED) is 0.855. The minimum atomic E-state index is 0. The summed E-state index contributed by atoms with van der Waals surface area (Å²) in [6.45, 7) is 3.15. The predicted octanol–water partition coefficient (Wildman–Crippen LogP) is 2.04. The third-order valence-corrected chi connectivity index (χ3v) is 3.57. The highest BCUT2D eigenvalue weighted by atomic mass is 35.5. The normalized spacial score (nSPS) is 24.6. The molecule has 2 N–H and O–H groups in total. The summed E-state index contributed by atoms with van der Waals surface area (Å²) in [4.78, 5) is 12.6. The molecule has 3 nitrogen and oxygen atoms in total. The second-order valence-electron chi connectivity index (χ2n) is 4.03. The zero-order chi connectivity index (χ0) is 10.7. The van der Waals surface area contributed by atoms with Gasteiger partial charge in [-0.25, -0.2) is 0 Å². The smallest absolute Gasteiger partial charge is 0.261 e.